The second-order valence-corrected chi connectivity index (χ2v) is 3.88. The van der Waals surface area contributed by atoms with Crippen molar-refractivity contribution in [3.63, 3.8) is 0 Å². The summed E-state index contributed by atoms with van der Waals surface area (Å²) in [5, 5.41) is 9.11. The molecule has 0 aliphatic rings. The van der Waals surface area contributed by atoms with Gasteiger partial charge in [0.25, 0.3) is 0 Å². The van der Waals surface area contributed by atoms with E-state index in [1.807, 2.05) is 6.92 Å². The number of rotatable bonds is 4. The second kappa shape index (κ2) is 6.45. The molecule has 0 heterocycles. The van der Waals surface area contributed by atoms with E-state index in [0.717, 1.165) is 0 Å². The lowest BCUT2D eigenvalue weighted by Gasteiger charge is -2.26. The van der Waals surface area contributed by atoms with E-state index in [4.69, 9.17) is 11.5 Å². The van der Waals surface area contributed by atoms with Gasteiger partial charge in [0, 0.05) is 13.6 Å². The summed E-state index contributed by atoms with van der Waals surface area (Å²) < 4.78 is 0. The van der Waals surface area contributed by atoms with E-state index in [1.165, 1.54) is 22.9 Å². The number of para-hydroxylation sites is 1. The molecule has 0 aliphatic carbocycles. The van der Waals surface area contributed by atoms with Gasteiger partial charge in [-0.05, 0) is 19.1 Å². The van der Waals surface area contributed by atoms with Crippen LogP contribution in [0.2, 0.25) is 0 Å². The van der Waals surface area contributed by atoms with Gasteiger partial charge in [0.05, 0.1) is 17.8 Å². The summed E-state index contributed by atoms with van der Waals surface area (Å²) in [6.45, 7) is 2.46. The van der Waals surface area contributed by atoms with E-state index < -0.39 is 5.97 Å². The number of carboxylic acid groups (broad SMARTS) is 1. The van der Waals surface area contributed by atoms with Crippen LogP contribution < -0.4 is 4.90 Å². The highest BCUT2D eigenvalue weighted by molar-refractivity contribution is 6.01. The van der Waals surface area contributed by atoms with Crippen LogP contribution in [0.3, 0.4) is 0 Å². The summed E-state index contributed by atoms with van der Waals surface area (Å²) in [5.74, 6) is 1.33. The number of aromatic carboxylic acids is 1. The molecule has 1 aromatic rings. The molecule has 1 rings (SSSR count). The SMILES string of the molecule is C#CCN(CC)C(=O)N(C)c1ccccc1C(=O)O. The molecular weight excluding hydrogens is 244 g/mol. The third-order valence-electron chi connectivity index (χ3n) is 2.72. The molecule has 5 heteroatoms. The molecule has 19 heavy (non-hydrogen) atoms. The van der Waals surface area contributed by atoms with Gasteiger partial charge in [0.1, 0.15) is 0 Å². The maximum Gasteiger partial charge on any atom is 0.337 e. The van der Waals surface area contributed by atoms with Crippen LogP contribution in [0.1, 0.15) is 17.3 Å². The van der Waals surface area contributed by atoms with Gasteiger partial charge in [-0.3, -0.25) is 4.90 Å². The van der Waals surface area contributed by atoms with Crippen molar-refractivity contribution in [3.8, 4) is 12.3 Å². The first-order valence-electron chi connectivity index (χ1n) is 5.81. The molecule has 0 saturated carbocycles. The van der Waals surface area contributed by atoms with E-state index in [-0.39, 0.29) is 18.1 Å². The monoisotopic (exact) mass is 260 g/mol. The molecule has 1 aromatic carbocycles. The summed E-state index contributed by atoms with van der Waals surface area (Å²) in [6, 6.07) is 6.02. The molecule has 0 saturated heterocycles. The maximum atomic E-state index is 12.2. The Labute approximate surface area is 112 Å². The van der Waals surface area contributed by atoms with Crippen LogP contribution in [0.4, 0.5) is 10.5 Å². The first-order valence-corrected chi connectivity index (χ1v) is 5.81. The minimum atomic E-state index is -1.07. The molecule has 0 atom stereocenters. The van der Waals surface area contributed by atoms with Crippen molar-refractivity contribution in [2.75, 3.05) is 25.0 Å². The number of carboxylic acids is 1. The Morgan fingerprint density at radius 1 is 1.37 bits per heavy atom. The molecule has 1 N–H and O–H groups in total. The van der Waals surface area contributed by atoms with Gasteiger partial charge < -0.3 is 10.0 Å². The normalized spacial score (nSPS) is 9.53. The third-order valence-corrected chi connectivity index (χ3v) is 2.72. The Balaban J connectivity index is 3.06. The number of amides is 2. The minimum Gasteiger partial charge on any atom is -0.478 e. The molecule has 0 bridgehead atoms. The van der Waals surface area contributed by atoms with E-state index in [9.17, 15) is 9.59 Å². The van der Waals surface area contributed by atoms with Crippen LogP contribution in [0.15, 0.2) is 24.3 Å². The Morgan fingerprint density at radius 3 is 2.53 bits per heavy atom. The van der Waals surface area contributed by atoms with Crippen LogP contribution in [0.25, 0.3) is 0 Å². The van der Waals surface area contributed by atoms with E-state index in [1.54, 1.807) is 18.2 Å². The highest BCUT2D eigenvalue weighted by Crippen LogP contribution is 2.20. The molecule has 5 nitrogen and oxygen atoms in total. The predicted molar refractivity (Wildman–Crippen MR) is 73.3 cm³/mol. The number of hydrogen-bond acceptors (Lipinski definition) is 2. The maximum absolute atomic E-state index is 12.2. The van der Waals surface area contributed by atoms with Crippen molar-refractivity contribution in [1.82, 2.24) is 4.90 Å². The number of urea groups is 1. The number of carbonyl (C=O) groups excluding carboxylic acids is 1. The van der Waals surface area contributed by atoms with E-state index in [2.05, 4.69) is 5.92 Å². The molecule has 0 radical (unpaired) electrons. The molecule has 100 valence electrons. The van der Waals surface area contributed by atoms with E-state index in [0.29, 0.717) is 12.2 Å². The summed E-state index contributed by atoms with van der Waals surface area (Å²) in [4.78, 5) is 26.1. The largest absolute Gasteiger partial charge is 0.478 e. The lowest BCUT2D eigenvalue weighted by molar-refractivity contribution is 0.0697. The smallest absolute Gasteiger partial charge is 0.337 e. The first-order chi connectivity index (χ1) is 9.02. The third kappa shape index (κ3) is 3.26. The van der Waals surface area contributed by atoms with Gasteiger partial charge in [-0.25, -0.2) is 9.59 Å². The average Bonchev–Trinajstić information content (AvgIpc) is 2.43. The van der Waals surface area contributed by atoms with Crippen molar-refractivity contribution in [2.24, 2.45) is 0 Å². The number of carbonyl (C=O) groups is 2. The number of terminal acetylenes is 1. The summed E-state index contributed by atoms with van der Waals surface area (Å²) in [6.07, 6.45) is 5.20. The van der Waals surface area contributed by atoms with Gasteiger partial charge in [-0.1, -0.05) is 18.1 Å². The topological polar surface area (TPSA) is 60.9 Å². The fourth-order valence-corrected chi connectivity index (χ4v) is 1.69. The first kappa shape index (κ1) is 14.6. The van der Waals surface area contributed by atoms with E-state index >= 15 is 0 Å². The lowest BCUT2D eigenvalue weighted by Crippen LogP contribution is -2.41. The molecule has 0 aliphatic heterocycles. The fraction of sp³-hybridized carbons (Fsp3) is 0.286. The minimum absolute atomic E-state index is 0.0788. The molecular formula is C14H16N2O3. The van der Waals surface area contributed by atoms with Crippen molar-refractivity contribution in [3.05, 3.63) is 29.8 Å². The standard InChI is InChI=1S/C14H16N2O3/c1-4-10-16(5-2)14(19)15(3)12-9-7-6-8-11(12)13(17)18/h1,6-9H,5,10H2,2-3H3,(H,17,18). The van der Waals surface area contributed by atoms with Gasteiger partial charge >= 0.3 is 12.0 Å². The average molecular weight is 260 g/mol. The number of hydrogen-bond donors (Lipinski definition) is 1. The van der Waals surface area contributed by atoms with Crippen LogP contribution in [-0.2, 0) is 0 Å². The van der Waals surface area contributed by atoms with Gasteiger partial charge in [0.2, 0.25) is 0 Å². The van der Waals surface area contributed by atoms with Gasteiger partial charge in [-0.15, -0.1) is 6.42 Å². The molecule has 0 fully saturated rings. The summed E-state index contributed by atoms with van der Waals surface area (Å²) >= 11 is 0. The fourth-order valence-electron chi connectivity index (χ4n) is 1.69. The zero-order valence-corrected chi connectivity index (χ0v) is 11.0. The Kier molecular flexibility index (Phi) is 4.95. The number of anilines is 1. The molecule has 2 amide bonds. The zero-order chi connectivity index (χ0) is 14.4. The van der Waals surface area contributed by atoms with Crippen molar-refractivity contribution in [1.29, 1.82) is 0 Å². The molecule has 0 unspecified atom stereocenters. The van der Waals surface area contributed by atoms with Crippen LogP contribution in [0.5, 0.6) is 0 Å². The van der Waals surface area contributed by atoms with Crippen LogP contribution in [-0.4, -0.2) is 42.1 Å². The van der Waals surface area contributed by atoms with Crippen molar-refractivity contribution < 1.29 is 14.7 Å². The molecule has 0 spiro atoms. The molecule has 0 aromatic heterocycles. The van der Waals surface area contributed by atoms with Gasteiger partial charge in [0.15, 0.2) is 0 Å². The Bertz CT molecular complexity index is 520. The zero-order valence-electron chi connectivity index (χ0n) is 11.0. The second-order valence-electron chi connectivity index (χ2n) is 3.88. The predicted octanol–water partition coefficient (Wildman–Crippen LogP) is 1.90. The quantitative estimate of drug-likeness (QED) is 0.841. The lowest BCUT2D eigenvalue weighted by atomic mass is 10.1. The highest BCUT2D eigenvalue weighted by Gasteiger charge is 2.21. The Hall–Kier alpha value is -2.48. The van der Waals surface area contributed by atoms with Crippen molar-refractivity contribution >= 4 is 17.7 Å². The van der Waals surface area contributed by atoms with Gasteiger partial charge in [-0.2, -0.15) is 0 Å². The number of benzene rings is 1. The highest BCUT2D eigenvalue weighted by atomic mass is 16.4. The summed E-state index contributed by atoms with van der Waals surface area (Å²) in [7, 11) is 1.53. The Morgan fingerprint density at radius 2 is 2.00 bits per heavy atom. The van der Waals surface area contributed by atoms with Crippen LogP contribution >= 0.6 is 0 Å². The van der Waals surface area contributed by atoms with Crippen LogP contribution in [0, 0.1) is 12.3 Å². The number of nitrogens with zero attached hydrogens (tertiary/aromatic N) is 2. The van der Waals surface area contributed by atoms with Crippen molar-refractivity contribution in [2.45, 2.75) is 6.92 Å². The summed E-state index contributed by atoms with van der Waals surface area (Å²) in [5.41, 5.74) is 0.422.